The fourth-order valence-electron chi connectivity index (χ4n) is 5.31. The number of likely N-dealkylation sites (tertiary alicyclic amines) is 1. The molecule has 41 heavy (non-hydrogen) atoms. The molecule has 4 rings (SSSR count). The van der Waals surface area contributed by atoms with Crippen LogP contribution in [-0.4, -0.2) is 68.7 Å². The van der Waals surface area contributed by atoms with Crippen molar-refractivity contribution in [2.75, 3.05) is 32.4 Å². The maximum Gasteiger partial charge on any atom is 0.413 e. The minimum atomic E-state index is -3.26. The minimum absolute atomic E-state index is 0.0586. The molecule has 0 radical (unpaired) electrons. The standard InChI is InChI=1S/C32H39N3O5S/c1-3-35(31(36)24-25-14-16-29(17-15-25)41(2,38)39)27-18-21-34(22-19-27)23-20-30(26-10-6-4-7-11-26)33-32(37)40-28-12-8-5-9-13-28/h4-17,27,30H,3,18-24H2,1-2H3,(H,33,37)/t30-/m0/s1. The number of hydrogen-bond acceptors (Lipinski definition) is 6. The first-order valence-corrected chi connectivity index (χ1v) is 16.0. The predicted octanol–water partition coefficient (Wildman–Crippen LogP) is 4.87. The number of likely N-dealkylation sites (N-methyl/N-ethyl adjacent to an activating group) is 1. The molecule has 1 heterocycles. The molecule has 9 heteroatoms. The third-order valence-electron chi connectivity index (χ3n) is 7.55. The molecule has 1 fully saturated rings. The van der Waals surface area contributed by atoms with Crippen molar-refractivity contribution in [3.63, 3.8) is 0 Å². The van der Waals surface area contributed by atoms with Crippen molar-refractivity contribution in [1.82, 2.24) is 15.1 Å². The third kappa shape index (κ3) is 8.90. The average molecular weight is 578 g/mol. The summed E-state index contributed by atoms with van der Waals surface area (Å²) >= 11 is 0. The maximum absolute atomic E-state index is 13.2. The second-order valence-corrected chi connectivity index (χ2v) is 12.5. The van der Waals surface area contributed by atoms with Crippen molar-refractivity contribution in [3.8, 4) is 5.75 Å². The highest BCUT2D eigenvalue weighted by molar-refractivity contribution is 7.90. The molecule has 0 bridgehead atoms. The van der Waals surface area contributed by atoms with E-state index in [-0.39, 0.29) is 29.3 Å². The fourth-order valence-corrected chi connectivity index (χ4v) is 5.94. The van der Waals surface area contributed by atoms with Gasteiger partial charge in [0.05, 0.1) is 17.4 Å². The van der Waals surface area contributed by atoms with Crippen molar-refractivity contribution in [2.24, 2.45) is 0 Å². The van der Waals surface area contributed by atoms with Gasteiger partial charge in [-0.15, -0.1) is 0 Å². The molecular weight excluding hydrogens is 538 g/mol. The van der Waals surface area contributed by atoms with E-state index < -0.39 is 15.9 Å². The Hall–Kier alpha value is -3.69. The van der Waals surface area contributed by atoms with Crippen molar-refractivity contribution in [1.29, 1.82) is 0 Å². The molecule has 0 aromatic heterocycles. The predicted molar refractivity (Wildman–Crippen MR) is 160 cm³/mol. The summed E-state index contributed by atoms with van der Waals surface area (Å²) in [6.45, 7) is 5.18. The smallest absolute Gasteiger partial charge is 0.410 e. The molecule has 1 saturated heterocycles. The summed E-state index contributed by atoms with van der Waals surface area (Å²) in [5.74, 6) is 0.558. The number of amides is 2. The largest absolute Gasteiger partial charge is 0.413 e. The summed E-state index contributed by atoms with van der Waals surface area (Å²) in [7, 11) is -3.26. The maximum atomic E-state index is 13.2. The average Bonchev–Trinajstić information content (AvgIpc) is 2.97. The zero-order valence-electron chi connectivity index (χ0n) is 23.7. The topological polar surface area (TPSA) is 96.0 Å². The summed E-state index contributed by atoms with van der Waals surface area (Å²) in [6.07, 6.45) is 3.45. The molecule has 8 nitrogen and oxygen atoms in total. The van der Waals surface area contributed by atoms with Crippen molar-refractivity contribution in [3.05, 3.63) is 96.1 Å². The molecule has 2 amide bonds. The van der Waals surface area contributed by atoms with E-state index in [2.05, 4.69) is 10.2 Å². The Kier molecular flexibility index (Phi) is 10.5. The number of nitrogens with zero attached hydrogens (tertiary/aromatic N) is 2. The van der Waals surface area contributed by atoms with Gasteiger partial charge in [-0.05, 0) is 61.6 Å². The number of piperidine rings is 1. The highest BCUT2D eigenvalue weighted by Gasteiger charge is 2.27. The number of sulfone groups is 1. The van der Waals surface area contributed by atoms with Crippen molar-refractivity contribution >= 4 is 21.8 Å². The van der Waals surface area contributed by atoms with Gasteiger partial charge in [0.15, 0.2) is 9.84 Å². The number of nitrogens with one attached hydrogen (secondary N) is 1. The Bertz CT molecular complexity index is 1370. The Morgan fingerprint density at radius 2 is 1.56 bits per heavy atom. The van der Waals surface area contributed by atoms with Crippen LogP contribution in [0.15, 0.2) is 89.8 Å². The second kappa shape index (κ2) is 14.3. The number of hydrogen-bond donors (Lipinski definition) is 1. The molecule has 218 valence electrons. The Morgan fingerprint density at radius 1 is 0.951 bits per heavy atom. The molecule has 1 atom stereocenters. The molecule has 1 aliphatic rings. The highest BCUT2D eigenvalue weighted by atomic mass is 32.2. The van der Waals surface area contributed by atoms with Crippen LogP contribution in [0.5, 0.6) is 5.75 Å². The van der Waals surface area contributed by atoms with Crippen LogP contribution in [0.25, 0.3) is 0 Å². The number of ether oxygens (including phenoxy) is 1. The van der Waals surface area contributed by atoms with E-state index in [1.165, 1.54) is 6.26 Å². The first kappa shape index (κ1) is 30.3. The van der Waals surface area contributed by atoms with E-state index in [0.717, 1.165) is 50.0 Å². The summed E-state index contributed by atoms with van der Waals surface area (Å²) in [5.41, 5.74) is 1.84. The van der Waals surface area contributed by atoms with Gasteiger partial charge in [-0.25, -0.2) is 13.2 Å². The van der Waals surface area contributed by atoms with Gasteiger partial charge in [0.25, 0.3) is 0 Å². The Morgan fingerprint density at radius 3 is 2.15 bits per heavy atom. The first-order chi connectivity index (χ1) is 19.7. The Balaban J connectivity index is 1.29. The van der Waals surface area contributed by atoms with Gasteiger partial charge in [-0.2, -0.15) is 0 Å². The van der Waals surface area contributed by atoms with Crippen LogP contribution < -0.4 is 10.1 Å². The van der Waals surface area contributed by atoms with E-state index in [1.807, 2.05) is 60.4 Å². The SMILES string of the molecule is CCN(C(=O)Cc1ccc(S(C)(=O)=O)cc1)C1CCN(CC[C@H](NC(=O)Oc2ccccc2)c2ccccc2)CC1. The zero-order chi connectivity index (χ0) is 29.2. The van der Waals surface area contributed by atoms with Crippen LogP contribution in [0.3, 0.4) is 0 Å². The van der Waals surface area contributed by atoms with Gasteiger partial charge < -0.3 is 19.9 Å². The summed E-state index contributed by atoms with van der Waals surface area (Å²) < 4.78 is 28.9. The number of carbonyl (C=O) groups is 2. The van der Waals surface area contributed by atoms with Gasteiger partial charge in [0.2, 0.25) is 5.91 Å². The van der Waals surface area contributed by atoms with Crippen LogP contribution in [0.2, 0.25) is 0 Å². The van der Waals surface area contributed by atoms with Crippen LogP contribution in [0.4, 0.5) is 4.79 Å². The van der Waals surface area contributed by atoms with Gasteiger partial charge in [0.1, 0.15) is 5.75 Å². The van der Waals surface area contributed by atoms with Gasteiger partial charge >= 0.3 is 6.09 Å². The molecule has 0 unspecified atom stereocenters. The van der Waals surface area contributed by atoms with E-state index in [9.17, 15) is 18.0 Å². The lowest BCUT2D eigenvalue weighted by Crippen LogP contribution is -2.48. The molecule has 1 N–H and O–H groups in total. The zero-order valence-corrected chi connectivity index (χ0v) is 24.6. The normalized spacial score (nSPS) is 15.2. The molecule has 1 aliphatic heterocycles. The van der Waals surface area contributed by atoms with Crippen molar-refractivity contribution < 1.29 is 22.7 Å². The lowest BCUT2D eigenvalue weighted by Gasteiger charge is -2.38. The number of rotatable bonds is 11. The van der Waals surface area contributed by atoms with Crippen molar-refractivity contribution in [2.45, 2.75) is 49.6 Å². The van der Waals surface area contributed by atoms with Crippen LogP contribution in [-0.2, 0) is 21.1 Å². The molecule has 3 aromatic rings. The van der Waals surface area contributed by atoms with Gasteiger partial charge in [-0.3, -0.25) is 4.79 Å². The van der Waals surface area contributed by atoms with Crippen LogP contribution in [0.1, 0.15) is 43.4 Å². The second-order valence-electron chi connectivity index (χ2n) is 10.4. The van der Waals surface area contributed by atoms with E-state index >= 15 is 0 Å². The lowest BCUT2D eigenvalue weighted by molar-refractivity contribution is -0.133. The molecule has 3 aromatic carbocycles. The lowest BCUT2D eigenvalue weighted by atomic mass is 10.00. The third-order valence-corrected chi connectivity index (χ3v) is 8.68. The number of benzene rings is 3. The first-order valence-electron chi connectivity index (χ1n) is 14.1. The summed E-state index contributed by atoms with van der Waals surface area (Å²) in [4.78, 5) is 30.4. The van der Waals surface area contributed by atoms with E-state index in [1.54, 1.807) is 36.4 Å². The number of para-hydroxylation sites is 1. The highest BCUT2D eigenvalue weighted by Crippen LogP contribution is 2.22. The minimum Gasteiger partial charge on any atom is -0.410 e. The fraction of sp³-hybridized carbons (Fsp3) is 0.375. The monoisotopic (exact) mass is 577 g/mol. The van der Waals surface area contributed by atoms with Gasteiger partial charge in [-0.1, -0.05) is 60.7 Å². The molecular formula is C32H39N3O5S. The summed E-state index contributed by atoms with van der Waals surface area (Å²) in [6, 6.07) is 25.5. The molecule has 0 spiro atoms. The summed E-state index contributed by atoms with van der Waals surface area (Å²) in [5, 5.41) is 3.03. The van der Waals surface area contributed by atoms with Crippen LogP contribution >= 0.6 is 0 Å². The Labute approximate surface area is 243 Å². The van der Waals surface area contributed by atoms with E-state index in [4.69, 9.17) is 4.74 Å². The van der Waals surface area contributed by atoms with E-state index in [0.29, 0.717) is 12.3 Å². The van der Waals surface area contributed by atoms with Gasteiger partial charge in [0, 0.05) is 38.5 Å². The number of carbonyl (C=O) groups excluding carboxylic acids is 2. The van der Waals surface area contributed by atoms with Crippen LogP contribution in [0, 0.1) is 0 Å². The molecule has 0 aliphatic carbocycles. The quantitative estimate of drug-likeness (QED) is 0.350. The molecule has 0 saturated carbocycles.